The lowest BCUT2D eigenvalue weighted by atomic mass is 9.73. The van der Waals surface area contributed by atoms with E-state index in [1.807, 2.05) is 24.4 Å². The van der Waals surface area contributed by atoms with Crippen LogP contribution in [0.2, 0.25) is 0 Å². The third-order valence-corrected chi connectivity index (χ3v) is 7.36. The van der Waals surface area contributed by atoms with Crippen LogP contribution in [-0.2, 0) is 22.4 Å². The number of carbonyl (C=O) groups excluding carboxylic acids is 1. The Kier molecular flexibility index (Phi) is 6.41. The molecule has 0 aliphatic carbocycles. The highest BCUT2D eigenvalue weighted by Crippen LogP contribution is 2.38. The summed E-state index contributed by atoms with van der Waals surface area (Å²) in [7, 11) is 0. The summed E-state index contributed by atoms with van der Waals surface area (Å²) < 4.78 is 19.0. The average Bonchev–Trinajstić information content (AvgIpc) is 2.86. The molecule has 2 aliphatic heterocycles. The smallest absolute Gasteiger partial charge is 0.229 e. The zero-order chi connectivity index (χ0) is 22.7. The highest BCUT2D eigenvalue weighted by molar-refractivity contribution is 5.83. The number of amides is 1. The molecule has 4 nitrogen and oxygen atoms in total. The van der Waals surface area contributed by atoms with Crippen LogP contribution >= 0.6 is 0 Å². The van der Waals surface area contributed by atoms with Gasteiger partial charge in [-0.25, -0.2) is 4.39 Å². The minimum Gasteiger partial charge on any atom is -0.381 e. The highest BCUT2D eigenvalue weighted by atomic mass is 19.1. The van der Waals surface area contributed by atoms with Gasteiger partial charge in [-0.2, -0.15) is 0 Å². The molecule has 0 N–H and O–H groups in total. The molecule has 172 valence electrons. The van der Waals surface area contributed by atoms with Crippen LogP contribution in [0.25, 0.3) is 10.9 Å². The van der Waals surface area contributed by atoms with E-state index in [0.717, 1.165) is 56.3 Å². The van der Waals surface area contributed by atoms with E-state index in [1.165, 1.54) is 23.1 Å². The zero-order valence-electron chi connectivity index (χ0n) is 19.0. The molecule has 0 bridgehead atoms. The molecule has 2 aromatic carbocycles. The third-order valence-electron chi connectivity index (χ3n) is 7.36. The van der Waals surface area contributed by atoms with Gasteiger partial charge >= 0.3 is 0 Å². The minimum atomic E-state index is -0.452. The molecule has 1 aromatic heterocycles. The number of hydrogen-bond donors (Lipinski definition) is 0. The first kappa shape index (κ1) is 22.0. The van der Waals surface area contributed by atoms with Crippen molar-refractivity contribution in [3.05, 3.63) is 77.7 Å². The molecule has 0 radical (unpaired) electrons. The average molecular weight is 447 g/mol. The van der Waals surface area contributed by atoms with Gasteiger partial charge in [0.1, 0.15) is 5.82 Å². The van der Waals surface area contributed by atoms with Gasteiger partial charge in [0.2, 0.25) is 5.91 Å². The standard InChI is InChI=1S/C28H31FN2O2/c29-25-8-5-21(6-9-25)19-28(11-15-33-16-12-28)27(32)31-14-2-3-23(20-31)17-22-7-10-26-24(18-22)4-1-13-30-26/h1,4-10,13,18,23H,2-3,11-12,14-17,19-20H2/t23-/m0/s1. The second-order valence-corrected chi connectivity index (χ2v) is 9.69. The summed E-state index contributed by atoms with van der Waals surface area (Å²) in [6, 6.07) is 17.2. The number of likely N-dealkylation sites (tertiary alicyclic amines) is 1. The van der Waals surface area contributed by atoms with Crippen LogP contribution in [0, 0.1) is 17.2 Å². The number of pyridine rings is 1. The Bertz CT molecular complexity index is 1110. The Morgan fingerprint density at radius 3 is 2.70 bits per heavy atom. The van der Waals surface area contributed by atoms with E-state index in [4.69, 9.17) is 4.74 Å². The maximum Gasteiger partial charge on any atom is 0.229 e. The summed E-state index contributed by atoms with van der Waals surface area (Å²) in [6.45, 7) is 2.84. The molecule has 33 heavy (non-hydrogen) atoms. The van der Waals surface area contributed by atoms with Gasteiger partial charge in [0, 0.05) is 37.9 Å². The van der Waals surface area contributed by atoms with E-state index in [9.17, 15) is 9.18 Å². The van der Waals surface area contributed by atoms with E-state index < -0.39 is 5.41 Å². The van der Waals surface area contributed by atoms with Gasteiger partial charge < -0.3 is 9.64 Å². The second-order valence-electron chi connectivity index (χ2n) is 9.69. The van der Waals surface area contributed by atoms with Crippen molar-refractivity contribution in [3.8, 4) is 0 Å². The van der Waals surface area contributed by atoms with Gasteiger partial charge in [-0.15, -0.1) is 0 Å². The Labute approximate surface area is 194 Å². The molecule has 5 heteroatoms. The normalized spacial score (nSPS) is 20.6. The summed E-state index contributed by atoms with van der Waals surface area (Å²) >= 11 is 0. The molecule has 2 saturated heterocycles. The fourth-order valence-electron chi connectivity index (χ4n) is 5.56. The monoisotopic (exact) mass is 446 g/mol. The van der Waals surface area contributed by atoms with E-state index >= 15 is 0 Å². The predicted molar refractivity (Wildman–Crippen MR) is 127 cm³/mol. The molecule has 3 heterocycles. The highest BCUT2D eigenvalue weighted by Gasteiger charge is 2.43. The summed E-state index contributed by atoms with van der Waals surface area (Å²) in [5, 5.41) is 1.17. The van der Waals surface area contributed by atoms with Gasteiger partial charge in [0.25, 0.3) is 0 Å². The summed E-state index contributed by atoms with van der Waals surface area (Å²) in [5.74, 6) is 0.469. The lowest BCUT2D eigenvalue weighted by molar-refractivity contribution is -0.150. The molecule has 2 fully saturated rings. The Hall–Kier alpha value is -2.79. The summed E-state index contributed by atoms with van der Waals surface area (Å²) in [4.78, 5) is 20.4. The van der Waals surface area contributed by atoms with Gasteiger partial charge in [-0.05, 0) is 85.9 Å². The van der Waals surface area contributed by atoms with Crippen LogP contribution < -0.4 is 0 Å². The third kappa shape index (κ3) is 4.93. The van der Waals surface area contributed by atoms with Crippen LogP contribution in [-0.4, -0.2) is 42.1 Å². The maximum atomic E-state index is 13.9. The largest absolute Gasteiger partial charge is 0.381 e. The molecule has 0 saturated carbocycles. The van der Waals surface area contributed by atoms with Crippen molar-refractivity contribution < 1.29 is 13.9 Å². The Morgan fingerprint density at radius 2 is 1.88 bits per heavy atom. The van der Waals surface area contributed by atoms with Gasteiger partial charge in [0.05, 0.1) is 10.9 Å². The molecule has 0 spiro atoms. The summed E-state index contributed by atoms with van der Waals surface area (Å²) in [5.41, 5.74) is 2.89. The first-order valence-electron chi connectivity index (χ1n) is 12.1. The van der Waals surface area contributed by atoms with Crippen molar-refractivity contribution in [1.29, 1.82) is 0 Å². The Morgan fingerprint density at radius 1 is 1.09 bits per heavy atom. The van der Waals surface area contributed by atoms with Gasteiger partial charge in [-0.1, -0.05) is 24.3 Å². The summed E-state index contributed by atoms with van der Waals surface area (Å²) in [6.07, 6.45) is 7.07. The quantitative estimate of drug-likeness (QED) is 0.541. The SMILES string of the molecule is O=C(N1CCC[C@@H](Cc2ccc3ncccc3c2)C1)C1(Cc2ccc(F)cc2)CCOCC1. The number of piperidine rings is 1. The van der Waals surface area contributed by atoms with E-state index in [2.05, 4.69) is 34.1 Å². The molecule has 1 amide bonds. The second kappa shape index (κ2) is 9.60. The lowest BCUT2D eigenvalue weighted by Crippen LogP contribution is -2.51. The van der Waals surface area contributed by atoms with Gasteiger partial charge in [-0.3, -0.25) is 9.78 Å². The fourth-order valence-corrected chi connectivity index (χ4v) is 5.56. The van der Waals surface area contributed by atoms with Crippen molar-refractivity contribution in [1.82, 2.24) is 9.88 Å². The zero-order valence-corrected chi connectivity index (χ0v) is 19.0. The predicted octanol–water partition coefficient (Wildman–Crippen LogP) is 5.19. The van der Waals surface area contributed by atoms with Crippen LogP contribution in [0.15, 0.2) is 60.8 Å². The topological polar surface area (TPSA) is 42.4 Å². The first-order valence-corrected chi connectivity index (χ1v) is 12.1. The lowest BCUT2D eigenvalue weighted by Gasteiger charge is -2.42. The van der Waals surface area contributed by atoms with Crippen LogP contribution in [0.4, 0.5) is 4.39 Å². The van der Waals surface area contributed by atoms with Crippen LogP contribution in [0.1, 0.15) is 36.8 Å². The van der Waals surface area contributed by atoms with Crippen LogP contribution in [0.5, 0.6) is 0 Å². The number of rotatable bonds is 5. The Balaban J connectivity index is 1.31. The van der Waals surface area contributed by atoms with Gasteiger partial charge in [0.15, 0.2) is 0 Å². The number of halogens is 1. The van der Waals surface area contributed by atoms with Crippen LogP contribution in [0.3, 0.4) is 0 Å². The van der Waals surface area contributed by atoms with Crippen molar-refractivity contribution in [2.75, 3.05) is 26.3 Å². The molecular weight excluding hydrogens is 415 g/mol. The molecule has 5 rings (SSSR count). The number of nitrogens with zero attached hydrogens (tertiary/aromatic N) is 2. The van der Waals surface area contributed by atoms with E-state index in [-0.39, 0.29) is 11.7 Å². The number of carbonyl (C=O) groups is 1. The molecular formula is C28H31FN2O2. The van der Waals surface area contributed by atoms with E-state index in [0.29, 0.717) is 25.6 Å². The number of hydrogen-bond acceptors (Lipinski definition) is 3. The van der Waals surface area contributed by atoms with Crippen molar-refractivity contribution in [3.63, 3.8) is 0 Å². The maximum absolute atomic E-state index is 13.9. The van der Waals surface area contributed by atoms with Crippen molar-refractivity contribution in [2.45, 2.75) is 38.5 Å². The minimum absolute atomic E-state index is 0.241. The van der Waals surface area contributed by atoms with Crippen molar-refractivity contribution in [2.24, 2.45) is 11.3 Å². The molecule has 2 aliphatic rings. The number of fused-ring (bicyclic) bond motifs is 1. The first-order chi connectivity index (χ1) is 16.1. The number of ether oxygens (including phenoxy) is 1. The number of aromatic nitrogens is 1. The number of benzene rings is 2. The van der Waals surface area contributed by atoms with E-state index in [1.54, 1.807) is 0 Å². The fraction of sp³-hybridized carbons (Fsp3) is 0.429. The van der Waals surface area contributed by atoms with Crippen molar-refractivity contribution >= 4 is 16.8 Å². The molecule has 1 atom stereocenters. The molecule has 0 unspecified atom stereocenters. The molecule has 3 aromatic rings.